The van der Waals surface area contributed by atoms with E-state index in [4.69, 9.17) is 22.1 Å². The highest BCUT2D eigenvalue weighted by Crippen LogP contribution is 2.32. The first-order valence-corrected chi connectivity index (χ1v) is 5.64. The molecule has 0 saturated carbocycles. The molecule has 0 aromatic heterocycles. The van der Waals surface area contributed by atoms with Gasteiger partial charge in [-0.25, -0.2) is 4.39 Å². The maximum atomic E-state index is 13.4. The third-order valence-corrected chi connectivity index (χ3v) is 2.76. The molecule has 94 valence electrons. The Bertz CT molecular complexity index is 575. The lowest BCUT2D eigenvalue weighted by atomic mass is 10.2. The van der Waals surface area contributed by atoms with Crippen molar-refractivity contribution in [1.29, 1.82) is 0 Å². The van der Waals surface area contributed by atoms with Crippen molar-refractivity contribution in [2.45, 2.75) is 0 Å². The van der Waals surface area contributed by atoms with Crippen LogP contribution in [0.1, 0.15) is 0 Å². The Hall–Kier alpha value is -1.94. The summed E-state index contributed by atoms with van der Waals surface area (Å²) in [6.07, 6.45) is 0. The molecule has 0 heterocycles. The molecule has 0 bridgehead atoms. The lowest BCUT2D eigenvalue weighted by molar-refractivity contribution is 0.417. The summed E-state index contributed by atoms with van der Waals surface area (Å²) in [5.74, 6) is 0.121. The van der Waals surface area contributed by atoms with Crippen LogP contribution >= 0.6 is 11.6 Å². The number of para-hydroxylation sites is 2. The minimum atomic E-state index is -0.525. The molecule has 0 unspecified atom stereocenters. The van der Waals surface area contributed by atoms with Gasteiger partial charge in [0.25, 0.3) is 0 Å². The number of benzene rings is 2. The van der Waals surface area contributed by atoms with Crippen LogP contribution in [0.5, 0.6) is 5.75 Å². The van der Waals surface area contributed by atoms with Crippen molar-refractivity contribution in [3.63, 3.8) is 0 Å². The lowest BCUT2D eigenvalue weighted by Crippen LogP contribution is -1.99. The van der Waals surface area contributed by atoms with Gasteiger partial charge in [-0.15, -0.1) is 0 Å². The van der Waals surface area contributed by atoms with Crippen LogP contribution in [0.4, 0.5) is 21.5 Å². The first-order chi connectivity index (χ1) is 8.61. The maximum absolute atomic E-state index is 13.4. The molecule has 0 saturated heterocycles. The van der Waals surface area contributed by atoms with Gasteiger partial charge in [0, 0.05) is 6.07 Å². The molecule has 0 spiro atoms. The third-order valence-electron chi connectivity index (χ3n) is 2.47. The predicted molar refractivity (Wildman–Crippen MR) is 72.1 cm³/mol. The number of nitrogens with two attached hydrogens (primary N) is 1. The average molecular weight is 267 g/mol. The van der Waals surface area contributed by atoms with Crippen LogP contribution in [-0.2, 0) is 0 Å². The Morgan fingerprint density at radius 1 is 1.22 bits per heavy atom. The third kappa shape index (κ3) is 2.49. The van der Waals surface area contributed by atoms with Crippen molar-refractivity contribution in [1.82, 2.24) is 0 Å². The number of methoxy groups -OCH3 is 1. The van der Waals surface area contributed by atoms with Crippen molar-refractivity contribution in [3.05, 3.63) is 47.2 Å². The molecular formula is C13H12ClFN2O. The standard InChI is InChI=1S/C13H12ClFN2O/c1-18-13-5-3-2-4-11(13)17-12-7-9(15)8(14)6-10(12)16/h2-7,17H,16H2,1H3. The van der Waals surface area contributed by atoms with Crippen molar-refractivity contribution in [2.75, 3.05) is 18.2 Å². The largest absolute Gasteiger partial charge is 0.495 e. The van der Waals surface area contributed by atoms with E-state index in [1.807, 2.05) is 18.2 Å². The van der Waals surface area contributed by atoms with Gasteiger partial charge in [0.2, 0.25) is 0 Å². The molecule has 0 aliphatic carbocycles. The highest BCUT2D eigenvalue weighted by Gasteiger charge is 2.08. The van der Waals surface area contributed by atoms with E-state index < -0.39 is 5.82 Å². The second-order valence-electron chi connectivity index (χ2n) is 3.68. The number of nitrogens with one attached hydrogen (secondary N) is 1. The van der Waals surface area contributed by atoms with Crippen LogP contribution in [-0.4, -0.2) is 7.11 Å². The zero-order chi connectivity index (χ0) is 13.1. The smallest absolute Gasteiger partial charge is 0.144 e. The second-order valence-corrected chi connectivity index (χ2v) is 4.09. The van der Waals surface area contributed by atoms with Gasteiger partial charge in [0.05, 0.1) is 29.2 Å². The van der Waals surface area contributed by atoms with Gasteiger partial charge in [-0.2, -0.15) is 0 Å². The molecule has 0 radical (unpaired) electrons. The van der Waals surface area contributed by atoms with E-state index in [9.17, 15) is 4.39 Å². The van der Waals surface area contributed by atoms with E-state index in [2.05, 4.69) is 5.32 Å². The highest BCUT2D eigenvalue weighted by atomic mass is 35.5. The first-order valence-electron chi connectivity index (χ1n) is 5.26. The summed E-state index contributed by atoms with van der Waals surface area (Å²) in [7, 11) is 1.56. The van der Waals surface area contributed by atoms with E-state index in [1.165, 1.54) is 12.1 Å². The molecule has 0 amide bonds. The molecule has 3 nitrogen and oxygen atoms in total. The fourth-order valence-corrected chi connectivity index (χ4v) is 1.74. The topological polar surface area (TPSA) is 47.3 Å². The molecule has 2 aromatic carbocycles. The molecule has 18 heavy (non-hydrogen) atoms. The van der Waals surface area contributed by atoms with Crippen molar-refractivity contribution in [2.24, 2.45) is 0 Å². The van der Waals surface area contributed by atoms with Gasteiger partial charge in [0.1, 0.15) is 11.6 Å². The second kappa shape index (κ2) is 5.14. The maximum Gasteiger partial charge on any atom is 0.144 e. The summed E-state index contributed by atoms with van der Waals surface area (Å²) in [4.78, 5) is 0. The average Bonchev–Trinajstić information content (AvgIpc) is 2.36. The fourth-order valence-electron chi connectivity index (χ4n) is 1.56. The summed E-state index contributed by atoms with van der Waals surface area (Å²) in [5, 5.41) is 3.01. The number of anilines is 3. The molecule has 0 aliphatic rings. The van der Waals surface area contributed by atoms with Crippen LogP contribution in [0.3, 0.4) is 0 Å². The zero-order valence-electron chi connectivity index (χ0n) is 9.71. The Balaban J connectivity index is 2.37. The molecule has 2 aromatic rings. The van der Waals surface area contributed by atoms with Gasteiger partial charge >= 0.3 is 0 Å². The SMILES string of the molecule is COc1ccccc1Nc1cc(F)c(Cl)cc1N. The number of ether oxygens (including phenoxy) is 1. The quantitative estimate of drug-likeness (QED) is 0.831. The van der Waals surface area contributed by atoms with E-state index in [0.717, 1.165) is 0 Å². The normalized spacial score (nSPS) is 10.2. The molecule has 0 atom stereocenters. The summed E-state index contributed by atoms with van der Waals surface area (Å²) in [6, 6.07) is 9.91. The van der Waals surface area contributed by atoms with Gasteiger partial charge < -0.3 is 15.8 Å². The minimum absolute atomic E-state index is 0.00178. The van der Waals surface area contributed by atoms with Crippen LogP contribution in [0.15, 0.2) is 36.4 Å². The number of nitrogen functional groups attached to an aromatic ring is 1. The number of halogens is 2. The van der Waals surface area contributed by atoms with Crippen LogP contribution in [0.2, 0.25) is 5.02 Å². The predicted octanol–water partition coefficient (Wildman–Crippen LogP) is 3.81. The summed E-state index contributed by atoms with van der Waals surface area (Å²) < 4.78 is 18.6. The molecule has 3 N–H and O–H groups in total. The van der Waals surface area contributed by atoms with Gasteiger partial charge in [0.15, 0.2) is 0 Å². The lowest BCUT2D eigenvalue weighted by Gasteiger charge is -2.13. The highest BCUT2D eigenvalue weighted by molar-refractivity contribution is 6.31. The van der Waals surface area contributed by atoms with E-state index in [0.29, 0.717) is 22.8 Å². The van der Waals surface area contributed by atoms with Crippen molar-refractivity contribution < 1.29 is 9.13 Å². The Labute approximate surface area is 109 Å². The summed E-state index contributed by atoms with van der Waals surface area (Å²) in [6.45, 7) is 0. The van der Waals surface area contributed by atoms with E-state index >= 15 is 0 Å². The Morgan fingerprint density at radius 2 is 1.94 bits per heavy atom. The summed E-state index contributed by atoms with van der Waals surface area (Å²) in [5.41, 5.74) is 7.29. The van der Waals surface area contributed by atoms with Crippen LogP contribution < -0.4 is 15.8 Å². The van der Waals surface area contributed by atoms with E-state index in [-0.39, 0.29) is 5.02 Å². The van der Waals surface area contributed by atoms with Gasteiger partial charge in [-0.05, 0) is 18.2 Å². The molecule has 5 heteroatoms. The first kappa shape index (κ1) is 12.5. The molecule has 0 fully saturated rings. The van der Waals surface area contributed by atoms with Gasteiger partial charge in [-0.3, -0.25) is 0 Å². The molecule has 2 rings (SSSR count). The number of rotatable bonds is 3. The van der Waals surface area contributed by atoms with Crippen LogP contribution in [0.25, 0.3) is 0 Å². The van der Waals surface area contributed by atoms with Crippen LogP contribution in [0, 0.1) is 5.82 Å². The summed E-state index contributed by atoms with van der Waals surface area (Å²) >= 11 is 5.64. The molecule has 0 aliphatic heterocycles. The minimum Gasteiger partial charge on any atom is -0.495 e. The number of hydrogen-bond donors (Lipinski definition) is 2. The fraction of sp³-hybridized carbons (Fsp3) is 0.0769. The molecular weight excluding hydrogens is 255 g/mol. The van der Waals surface area contributed by atoms with Gasteiger partial charge in [-0.1, -0.05) is 23.7 Å². The Kier molecular flexibility index (Phi) is 3.58. The zero-order valence-corrected chi connectivity index (χ0v) is 10.5. The Morgan fingerprint density at radius 3 is 2.67 bits per heavy atom. The number of hydrogen-bond acceptors (Lipinski definition) is 3. The monoisotopic (exact) mass is 266 g/mol. The van der Waals surface area contributed by atoms with Crippen molar-refractivity contribution >= 4 is 28.7 Å². The van der Waals surface area contributed by atoms with Crippen molar-refractivity contribution in [3.8, 4) is 5.75 Å². The van der Waals surface area contributed by atoms with E-state index in [1.54, 1.807) is 13.2 Å².